The average molecular weight is 266 g/mol. The van der Waals surface area contributed by atoms with Gasteiger partial charge in [0.1, 0.15) is 11.6 Å². The maximum absolute atomic E-state index is 13.9. The van der Waals surface area contributed by atoms with Crippen LogP contribution in [0.25, 0.3) is 11.4 Å². The van der Waals surface area contributed by atoms with Gasteiger partial charge < -0.3 is 5.73 Å². The zero-order chi connectivity index (χ0) is 14.2. The van der Waals surface area contributed by atoms with E-state index < -0.39 is 27.8 Å². The molecule has 1 aromatic heterocycles. The SMILES string of the molecule is Cc1cc(N)nc(-c2c(F)ccc([N+](=O)[O-])c2F)n1. The molecular formula is C11H8F2N4O2. The van der Waals surface area contributed by atoms with Crippen LogP contribution in [0.5, 0.6) is 0 Å². The van der Waals surface area contributed by atoms with Crippen molar-refractivity contribution in [3.05, 3.63) is 45.6 Å². The molecule has 0 bridgehead atoms. The smallest absolute Gasteiger partial charge is 0.305 e. The minimum Gasteiger partial charge on any atom is -0.384 e. The number of aryl methyl sites for hydroxylation is 1. The molecule has 2 N–H and O–H groups in total. The first kappa shape index (κ1) is 12.8. The van der Waals surface area contributed by atoms with E-state index in [4.69, 9.17) is 5.73 Å². The van der Waals surface area contributed by atoms with Crippen LogP contribution in [0.1, 0.15) is 5.69 Å². The monoisotopic (exact) mass is 266 g/mol. The zero-order valence-electron chi connectivity index (χ0n) is 9.72. The number of halogens is 2. The molecule has 2 rings (SSSR count). The van der Waals surface area contributed by atoms with Crippen LogP contribution in [0.4, 0.5) is 20.3 Å². The van der Waals surface area contributed by atoms with E-state index in [1.54, 1.807) is 6.92 Å². The zero-order valence-corrected chi connectivity index (χ0v) is 9.72. The summed E-state index contributed by atoms with van der Waals surface area (Å²) in [6.45, 7) is 1.56. The minimum atomic E-state index is -1.32. The van der Waals surface area contributed by atoms with E-state index in [1.165, 1.54) is 6.07 Å². The van der Waals surface area contributed by atoms with Crippen molar-refractivity contribution in [2.75, 3.05) is 5.73 Å². The van der Waals surface area contributed by atoms with Crippen molar-refractivity contribution in [2.24, 2.45) is 0 Å². The highest BCUT2D eigenvalue weighted by Crippen LogP contribution is 2.30. The highest BCUT2D eigenvalue weighted by atomic mass is 19.1. The van der Waals surface area contributed by atoms with Gasteiger partial charge in [0.25, 0.3) is 0 Å². The molecule has 0 atom stereocenters. The lowest BCUT2D eigenvalue weighted by Gasteiger charge is -2.06. The Kier molecular flexibility index (Phi) is 3.07. The number of hydrogen-bond acceptors (Lipinski definition) is 5. The fourth-order valence-corrected chi connectivity index (χ4v) is 1.59. The molecule has 0 aliphatic carbocycles. The Morgan fingerprint density at radius 1 is 1.32 bits per heavy atom. The fourth-order valence-electron chi connectivity index (χ4n) is 1.59. The van der Waals surface area contributed by atoms with Crippen molar-refractivity contribution < 1.29 is 13.7 Å². The first-order chi connectivity index (χ1) is 8.90. The first-order valence-electron chi connectivity index (χ1n) is 5.14. The van der Waals surface area contributed by atoms with Gasteiger partial charge in [0, 0.05) is 17.8 Å². The maximum atomic E-state index is 13.9. The van der Waals surface area contributed by atoms with Gasteiger partial charge in [-0.1, -0.05) is 0 Å². The van der Waals surface area contributed by atoms with Gasteiger partial charge in [-0.25, -0.2) is 14.4 Å². The second kappa shape index (κ2) is 4.56. The summed E-state index contributed by atoms with van der Waals surface area (Å²) in [4.78, 5) is 17.2. The molecule has 0 unspecified atom stereocenters. The molecule has 2 aromatic rings. The van der Waals surface area contributed by atoms with E-state index in [0.717, 1.165) is 12.1 Å². The van der Waals surface area contributed by atoms with E-state index >= 15 is 0 Å². The third-order valence-electron chi connectivity index (χ3n) is 2.37. The van der Waals surface area contributed by atoms with E-state index in [0.29, 0.717) is 5.69 Å². The van der Waals surface area contributed by atoms with Gasteiger partial charge in [0.2, 0.25) is 5.82 Å². The summed E-state index contributed by atoms with van der Waals surface area (Å²) in [5, 5.41) is 10.6. The standard InChI is InChI=1S/C11H8F2N4O2/c1-5-4-8(14)16-11(15-5)9-6(12)2-3-7(10(9)13)17(18)19/h2-4H,1H3,(H2,14,15,16). The molecule has 6 nitrogen and oxygen atoms in total. The Balaban J connectivity index is 2.74. The Bertz CT molecular complexity index is 656. The van der Waals surface area contributed by atoms with Crippen LogP contribution >= 0.6 is 0 Å². The largest absolute Gasteiger partial charge is 0.384 e. The molecule has 0 radical (unpaired) electrons. The number of anilines is 1. The third-order valence-corrected chi connectivity index (χ3v) is 2.37. The molecule has 19 heavy (non-hydrogen) atoms. The quantitative estimate of drug-likeness (QED) is 0.664. The molecule has 0 spiro atoms. The molecule has 1 heterocycles. The van der Waals surface area contributed by atoms with Gasteiger partial charge in [-0.3, -0.25) is 10.1 Å². The Hall–Kier alpha value is -2.64. The van der Waals surface area contributed by atoms with E-state index in [9.17, 15) is 18.9 Å². The molecule has 0 amide bonds. The van der Waals surface area contributed by atoms with Crippen LogP contribution in [0.15, 0.2) is 18.2 Å². The highest BCUT2D eigenvalue weighted by molar-refractivity contribution is 5.62. The molecule has 0 fully saturated rings. The number of aromatic nitrogens is 2. The summed E-state index contributed by atoms with van der Waals surface area (Å²) in [5.74, 6) is -2.62. The number of rotatable bonds is 2. The predicted molar refractivity (Wildman–Crippen MR) is 63.2 cm³/mol. The van der Waals surface area contributed by atoms with Gasteiger partial charge in [-0.05, 0) is 13.0 Å². The highest BCUT2D eigenvalue weighted by Gasteiger charge is 2.24. The van der Waals surface area contributed by atoms with Crippen LogP contribution in [0.3, 0.4) is 0 Å². The van der Waals surface area contributed by atoms with Crippen molar-refractivity contribution >= 4 is 11.5 Å². The van der Waals surface area contributed by atoms with Crippen LogP contribution in [-0.2, 0) is 0 Å². The predicted octanol–water partition coefficient (Wildman–Crippen LogP) is 2.22. The normalized spacial score (nSPS) is 10.5. The van der Waals surface area contributed by atoms with Gasteiger partial charge in [-0.2, -0.15) is 4.39 Å². The van der Waals surface area contributed by atoms with Crippen molar-refractivity contribution in [1.29, 1.82) is 0 Å². The lowest BCUT2D eigenvalue weighted by atomic mass is 10.1. The van der Waals surface area contributed by atoms with Crippen molar-refractivity contribution in [2.45, 2.75) is 6.92 Å². The second-order valence-electron chi connectivity index (χ2n) is 3.77. The summed E-state index contributed by atoms with van der Waals surface area (Å²) < 4.78 is 27.6. The van der Waals surface area contributed by atoms with E-state index in [2.05, 4.69) is 9.97 Å². The van der Waals surface area contributed by atoms with Crippen LogP contribution < -0.4 is 5.73 Å². The summed E-state index contributed by atoms with van der Waals surface area (Å²) in [6, 6.07) is 2.95. The summed E-state index contributed by atoms with van der Waals surface area (Å²) in [6.07, 6.45) is 0. The topological polar surface area (TPSA) is 94.9 Å². The second-order valence-corrected chi connectivity index (χ2v) is 3.77. The molecule has 0 aliphatic rings. The Morgan fingerprint density at radius 2 is 2.00 bits per heavy atom. The number of nitro groups is 1. The summed E-state index contributed by atoms with van der Waals surface area (Å²) in [5.41, 5.74) is 4.35. The molecule has 0 saturated carbocycles. The summed E-state index contributed by atoms with van der Waals surface area (Å²) >= 11 is 0. The summed E-state index contributed by atoms with van der Waals surface area (Å²) in [7, 11) is 0. The first-order valence-corrected chi connectivity index (χ1v) is 5.14. The van der Waals surface area contributed by atoms with Crippen molar-refractivity contribution in [1.82, 2.24) is 9.97 Å². The van der Waals surface area contributed by atoms with Gasteiger partial charge >= 0.3 is 5.69 Å². The fraction of sp³-hybridized carbons (Fsp3) is 0.0909. The number of benzene rings is 1. The van der Waals surface area contributed by atoms with Crippen LogP contribution in [0, 0.1) is 28.7 Å². The number of nitro benzene ring substituents is 1. The third kappa shape index (κ3) is 2.32. The van der Waals surface area contributed by atoms with Crippen LogP contribution in [-0.4, -0.2) is 14.9 Å². The van der Waals surface area contributed by atoms with Gasteiger partial charge in [0.05, 0.1) is 10.5 Å². The van der Waals surface area contributed by atoms with Crippen LogP contribution in [0.2, 0.25) is 0 Å². The molecule has 98 valence electrons. The molecule has 0 saturated heterocycles. The average Bonchev–Trinajstić information content (AvgIpc) is 2.26. The molecular weight excluding hydrogens is 258 g/mol. The van der Waals surface area contributed by atoms with Crippen molar-refractivity contribution in [3.8, 4) is 11.4 Å². The van der Waals surface area contributed by atoms with Crippen molar-refractivity contribution in [3.63, 3.8) is 0 Å². The number of nitrogens with two attached hydrogens (primary N) is 1. The molecule has 1 aromatic carbocycles. The Morgan fingerprint density at radius 3 is 2.58 bits per heavy atom. The molecule has 8 heteroatoms. The number of hydrogen-bond donors (Lipinski definition) is 1. The molecule has 0 aliphatic heterocycles. The lowest BCUT2D eigenvalue weighted by Crippen LogP contribution is -2.03. The van der Waals surface area contributed by atoms with Gasteiger partial charge in [0.15, 0.2) is 5.82 Å². The number of nitrogen functional groups attached to an aromatic ring is 1. The van der Waals surface area contributed by atoms with Gasteiger partial charge in [-0.15, -0.1) is 0 Å². The lowest BCUT2D eigenvalue weighted by molar-refractivity contribution is -0.387. The van der Waals surface area contributed by atoms with E-state index in [1.807, 2.05) is 0 Å². The number of nitrogens with zero attached hydrogens (tertiary/aromatic N) is 3. The van der Waals surface area contributed by atoms with E-state index in [-0.39, 0.29) is 11.6 Å². The Labute approximate surface area is 106 Å². The minimum absolute atomic E-state index is 0.0211. The maximum Gasteiger partial charge on any atom is 0.305 e.